The van der Waals surface area contributed by atoms with Crippen molar-refractivity contribution in [3.63, 3.8) is 0 Å². The zero-order valence-corrected chi connectivity index (χ0v) is 12.8. The van der Waals surface area contributed by atoms with Crippen LogP contribution in [0.2, 0.25) is 0 Å². The van der Waals surface area contributed by atoms with Crippen LogP contribution in [-0.2, 0) is 17.9 Å². The van der Waals surface area contributed by atoms with E-state index in [0.29, 0.717) is 36.4 Å². The molecule has 1 aromatic heterocycles. The van der Waals surface area contributed by atoms with Crippen LogP contribution >= 0.6 is 24.2 Å². The molecule has 1 fully saturated rings. The molecule has 0 aliphatic carbocycles. The van der Waals surface area contributed by atoms with Gasteiger partial charge in [0.15, 0.2) is 0 Å². The molecular formula is C13H15ClN4O2S. The molecule has 0 spiro atoms. The quantitative estimate of drug-likeness (QED) is 0.919. The molecule has 0 saturated carbocycles. The number of halogens is 1. The fraction of sp³-hybridized carbons (Fsp3) is 0.308. The first kappa shape index (κ1) is 15.8. The van der Waals surface area contributed by atoms with E-state index in [1.54, 1.807) is 16.7 Å². The Bertz CT molecular complexity index is 617. The number of rotatable bonds is 4. The molecule has 0 unspecified atom stereocenters. The zero-order chi connectivity index (χ0) is 13.9. The van der Waals surface area contributed by atoms with E-state index >= 15 is 0 Å². The van der Waals surface area contributed by atoms with E-state index in [2.05, 4.69) is 10.1 Å². The minimum atomic E-state index is 0. The van der Waals surface area contributed by atoms with Crippen LogP contribution in [0.3, 0.4) is 0 Å². The summed E-state index contributed by atoms with van der Waals surface area (Å²) in [6, 6.07) is 7.69. The van der Waals surface area contributed by atoms with Gasteiger partial charge >= 0.3 is 0 Å². The SMILES string of the molecule is Cl.NCc1ccc(-c2noc(CN3CSCC3=O)n2)cc1. The van der Waals surface area contributed by atoms with Crippen molar-refractivity contribution < 1.29 is 9.32 Å². The number of amides is 1. The van der Waals surface area contributed by atoms with Gasteiger partial charge in [-0.15, -0.1) is 24.2 Å². The van der Waals surface area contributed by atoms with Crippen LogP contribution in [0.4, 0.5) is 0 Å². The number of aromatic nitrogens is 2. The van der Waals surface area contributed by atoms with Crippen LogP contribution in [0, 0.1) is 0 Å². The fourth-order valence-electron chi connectivity index (χ4n) is 1.93. The first-order valence-corrected chi connectivity index (χ1v) is 7.39. The van der Waals surface area contributed by atoms with Gasteiger partial charge in [0.1, 0.15) is 6.54 Å². The zero-order valence-electron chi connectivity index (χ0n) is 11.2. The van der Waals surface area contributed by atoms with Gasteiger partial charge in [-0.3, -0.25) is 4.79 Å². The van der Waals surface area contributed by atoms with Crippen molar-refractivity contribution in [1.82, 2.24) is 15.0 Å². The van der Waals surface area contributed by atoms with Gasteiger partial charge in [0.05, 0.1) is 11.6 Å². The first-order valence-electron chi connectivity index (χ1n) is 6.24. The third kappa shape index (κ3) is 3.55. The summed E-state index contributed by atoms with van der Waals surface area (Å²) in [5.74, 6) is 2.31. The molecule has 2 heterocycles. The lowest BCUT2D eigenvalue weighted by Gasteiger charge is -2.10. The first-order chi connectivity index (χ1) is 9.76. The highest BCUT2D eigenvalue weighted by atomic mass is 35.5. The Balaban J connectivity index is 0.00000161. The summed E-state index contributed by atoms with van der Waals surface area (Å²) in [5.41, 5.74) is 7.49. The molecule has 21 heavy (non-hydrogen) atoms. The minimum absolute atomic E-state index is 0. The van der Waals surface area contributed by atoms with E-state index in [0.717, 1.165) is 11.1 Å². The average Bonchev–Trinajstić information content (AvgIpc) is 3.10. The number of hydrogen-bond acceptors (Lipinski definition) is 6. The van der Waals surface area contributed by atoms with Gasteiger partial charge in [0.25, 0.3) is 0 Å². The minimum Gasteiger partial charge on any atom is -0.337 e. The third-order valence-electron chi connectivity index (χ3n) is 3.07. The molecule has 1 saturated heterocycles. The van der Waals surface area contributed by atoms with E-state index in [4.69, 9.17) is 10.3 Å². The smallest absolute Gasteiger partial charge is 0.246 e. The number of hydrogen-bond donors (Lipinski definition) is 1. The summed E-state index contributed by atoms with van der Waals surface area (Å²) in [6.45, 7) is 0.881. The number of carbonyl (C=O) groups excluding carboxylic acids is 1. The highest BCUT2D eigenvalue weighted by Gasteiger charge is 2.23. The normalized spacial score (nSPS) is 14.3. The summed E-state index contributed by atoms with van der Waals surface area (Å²) in [5, 5.41) is 3.95. The number of nitrogens with zero attached hydrogens (tertiary/aromatic N) is 3. The monoisotopic (exact) mass is 326 g/mol. The molecule has 0 bridgehead atoms. The molecule has 0 atom stereocenters. The Morgan fingerprint density at radius 2 is 2.10 bits per heavy atom. The Morgan fingerprint density at radius 1 is 1.33 bits per heavy atom. The predicted octanol–water partition coefficient (Wildman–Crippen LogP) is 1.65. The lowest BCUT2D eigenvalue weighted by Crippen LogP contribution is -2.25. The summed E-state index contributed by atoms with van der Waals surface area (Å²) >= 11 is 1.59. The van der Waals surface area contributed by atoms with Gasteiger partial charge in [0.2, 0.25) is 17.6 Å². The lowest BCUT2D eigenvalue weighted by molar-refractivity contribution is -0.127. The summed E-state index contributed by atoms with van der Waals surface area (Å²) in [4.78, 5) is 17.6. The molecule has 2 N–H and O–H groups in total. The van der Waals surface area contributed by atoms with Crippen LogP contribution in [0.25, 0.3) is 11.4 Å². The van der Waals surface area contributed by atoms with Gasteiger partial charge in [-0.05, 0) is 5.56 Å². The molecule has 3 rings (SSSR count). The van der Waals surface area contributed by atoms with Crippen molar-refractivity contribution >= 4 is 30.1 Å². The summed E-state index contributed by atoms with van der Waals surface area (Å²) in [7, 11) is 0. The van der Waals surface area contributed by atoms with Crippen LogP contribution in [0.5, 0.6) is 0 Å². The maximum Gasteiger partial charge on any atom is 0.246 e. The molecule has 1 amide bonds. The number of benzene rings is 1. The fourth-order valence-corrected chi connectivity index (χ4v) is 2.83. The molecule has 0 radical (unpaired) electrons. The largest absolute Gasteiger partial charge is 0.337 e. The second kappa shape index (κ2) is 6.93. The van der Waals surface area contributed by atoms with E-state index in [9.17, 15) is 4.79 Å². The van der Waals surface area contributed by atoms with E-state index < -0.39 is 0 Å². The maximum atomic E-state index is 11.5. The highest BCUT2D eigenvalue weighted by molar-refractivity contribution is 8.00. The van der Waals surface area contributed by atoms with E-state index in [1.807, 2.05) is 24.3 Å². The Morgan fingerprint density at radius 3 is 2.71 bits per heavy atom. The predicted molar refractivity (Wildman–Crippen MR) is 82.7 cm³/mol. The number of thioether (sulfide) groups is 1. The van der Waals surface area contributed by atoms with Crippen molar-refractivity contribution in [1.29, 1.82) is 0 Å². The lowest BCUT2D eigenvalue weighted by atomic mass is 10.1. The van der Waals surface area contributed by atoms with Crippen molar-refractivity contribution in [2.75, 3.05) is 11.6 Å². The van der Waals surface area contributed by atoms with Crippen molar-refractivity contribution in [2.45, 2.75) is 13.1 Å². The Labute approximate surface area is 132 Å². The van der Waals surface area contributed by atoms with Crippen LogP contribution in [0.1, 0.15) is 11.5 Å². The maximum absolute atomic E-state index is 11.5. The van der Waals surface area contributed by atoms with Crippen molar-refractivity contribution in [2.24, 2.45) is 5.73 Å². The van der Waals surface area contributed by atoms with Gasteiger partial charge in [0, 0.05) is 12.1 Å². The Hall–Kier alpha value is -1.57. The van der Waals surface area contributed by atoms with Crippen LogP contribution in [-0.4, -0.2) is 32.6 Å². The van der Waals surface area contributed by atoms with Gasteiger partial charge < -0.3 is 15.2 Å². The van der Waals surface area contributed by atoms with Crippen molar-refractivity contribution in [3.05, 3.63) is 35.7 Å². The Kier molecular flexibility index (Phi) is 5.22. The van der Waals surface area contributed by atoms with Crippen LogP contribution < -0.4 is 5.73 Å². The second-order valence-corrected chi connectivity index (χ2v) is 5.44. The average molecular weight is 327 g/mol. The molecule has 2 aromatic rings. The van der Waals surface area contributed by atoms with Gasteiger partial charge in [-0.2, -0.15) is 4.98 Å². The third-order valence-corrected chi connectivity index (χ3v) is 4.01. The molecule has 1 aromatic carbocycles. The molecular weight excluding hydrogens is 312 g/mol. The van der Waals surface area contributed by atoms with Crippen LogP contribution in [0.15, 0.2) is 28.8 Å². The van der Waals surface area contributed by atoms with E-state index in [1.165, 1.54) is 0 Å². The molecule has 6 nitrogen and oxygen atoms in total. The van der Waals surface area contributed by atoms with Gasteiger partial charge in [-0.25, -0.2) is 0 Å². The molecule has 1 aliphatic heterocycles. The molecule has 112 valence electrons. The topological polar surface area (TPSA) is 85.2 Å². The number of nitrogens with two attached hydrogens (primary N) is 1. The second-order valence-electron chi connectivity index (χ2n) is 4.48. The van der Waals surface area contributed by atoms with Crippen molar-refractivity contribution in [3.8, 4) is 11.4 Å². The summed E-state index contributed by atoms with van der Waals surface area (Å²) < 4.78 is 5.20. The summed E-state index contributed by atoms with van der Waals surface area (Å²) in [6.07, 6.45) is 0. The van der Waals surface area contributed by atoms with Gasteiger partial charge in [-0.1, -0.05) is 29.4 Å². The number of carbonyl (C=O) groups is 1. The standard InChI is InChI=1S/C13H14N4O2S.ClH/c14-5-9-1-3-10(4-2-9)13-15-11(19-16-13)6-17-8-20-7-12(17)18;/h1-4H,5-8,14H2;1H. The molecule has 1 aliphatic rings. The molecule has 8 heteroatoms. The highest BCUT2D eigenvalue weighted by Crippen LogP contribution is 2.20. The van der Waals surface area contributed by atoms with E-state index in [-0.39, 0.29) is 18.3 Å².